The van der Waals surface area contributed by atoms with E-state index in [1.807, 2.05) is 42.2 Å². The first-order valence-electron chi connectivity index (χ1n) is 11.1. The van der Waals surface area contributed by atoms with E-state index in [2.05, 4.69) is 10.2 Å². The Bertz CT molecular complexity index is 1240. The van der Waals surface area contributed by atoms with Gasteiger partial charge in [0.2, 0.25) is 6.79 Å². The normalized spacial score (nSPS) is 14.8. The third-order valence-corrected chi connectivity index (χ3v) is 6.36. The molecule has 174 valence electrons. The van der Waals surface area contributed by atoms with Gasteiger partial charge in [-0.15, -0.1) is 0 Å². The molecular formula is C26H24ClN3O4. The van der Waals surface area contributed by atoms with Gasteiger partial charge in [0.15, 0.2) is 11.5 Å². The minimum Gasteiger partial charge on any atom is -0.454 e. The number of nitrogens with zero attached hydrogens (tertiary/aromatic N) is 2. The first kappa shape index (κ1) is 22.1. The average molecular weight is 478 g/mol. The van der Waals surface area contributed by atoms with Gasteiger partial charge in [-0.3, -0.25) is 9.59 Å². The minimum atomic E-state index is -0.269. The highest BCUT2D eigenvalue weighted by Crippen LogP contribution is 2.36. The maximum atomic E-state index is 13.0. The Labute approximate surface area is 202 Å². The van der Waals surface area contributed by atoms with Crippen LogP contribution in [0.5, 0.6) is 11.5 Å². The molecule has 0 radical (unpaired) electrons. The Morgan fingerprint density at radius 1 is 0.882 bits per heavy atom. The Morgan fingerprint density at radius 2 is 1.59 bits per heavy atom. The molecule has 2 heterocycles. The highest BCUT2D eigenvalue weighted by atomic mass is 35.5. The Kier molecular flexibility index (Phi) is 6.02. The lowest BCUT2D eigenvalue weighted by Gasteiger charge is -2.37. The fourth-order valence-corrected chi connectivity index (χ4v) is 4.48. The number of anilines is 2. The summed E-state index contributed by atoms with van der Waals surface area (Å²) in [6, 6.07) is 18.1. The molecule has 1 saturated heterocycles. The van der Waals surface area contributed by atoms with Crippen LogP contribution in [0.3, 0.4) is 0 Å². The second-order valence-corrected chi connectivity index (χ2v) is 8.71. The molecule has 1 N–H and O–H groups in total. The van der Waals surface area contributed by atoms with Gasteiger partial charge in [-0.2, -0.15) is 0 Å². The number of aryl methyl sites for hydroxylation is 1. The van der Waals surface area contributed by atoms with Crippen molar-refractivity contribution in [3.05, 3.63) is 82.4 Å². The van der Waals surface area contributed by atoms with Crippen LogP contribution in [-0.2, 0) is 0 Å². The predicted octanol–water partition coefficient (Wildman–Crippen LogP) is 4.59. The molecule has 0 spiro atoms. The molecule has 2 amide bonds. The maximum absolute atomic E-state index is 13.0. The lowest BCUT2D eigenvalue weighted by molar-refractivity contribution is 0.0746. The average Bonchev–Trinajstić information content (AvgIpc) is 3.32. The summed E-state index contributed by atoms with van der Waals surface area (Å²) in [5.41, 5.74) is 3.64. The molecule has 0 saturated carbocycles. The highest BCUT2D eigenvalue weighted by Gasteiger charge is 2.26. The largest absolute Gasteiger partial charge is 0.454 e. The zero-order valence-electron chi connectivity index (χ0n) is 18.7. The molecule has 2 aliphatic heterocycles. The van der Waals surface area contributed by atoms with E-state index in [4.69, 9.17) is 21.1 Å². The molecule has 0 aliphatic carbocycles. The number of rotatable bonds is 4. The number of benzene rings is 3. The van der Waals surface area contributed by atoms with Crippen LogP contribution >= 0.6 is 11.6 Å². The van der Waals surface area contributed by atoms with Crippen molar-refractivity contribution in [2.24, 2.45) is 0 Å². The van der Waals surface area contributed by atoms with E-state index in [0.29, 0.717) is 59.5 Å². The minimum absolute atomic E-state index is 0.0233. The summed E-state index contributed by atoms with van der Waals surface area (Å²) in [6.45, 7) is 4.49. The van der Waals surface area contributed by atoms with Crippen molar-refractivity contribution < 1.29 is 19.1 Å². The third kappa shape index (κ3) is 4.39. The van der Waals surface area contributed by atoms with Gasteiger partial charge in [-0.25, -0.2) is 0 Å². The molecular weight excluding hydrogens is 454 g/mol. The molecule has 0 unspecified atom stereocenters. The van der Waals surface area contributed by atoms with Gasteiger partial charge >= 0.3 is 0 Å². The van der Waals surface area contributed by atoms with E-state index in [-0.39, 0.29) is 18.6 Å². The second kappa shape index (κ2) is 9.27. The molecule has 7 nitrogen and oxygen atoms in total. The number of piperazine rings is 1. The summed E-state index contributed by atoms with van der Waals surface area (Å²) < 4.78 is 10.7. The van der Waals surface area contributed by atoms with Gasteiger partial charge in [-0.1, -0.05) is 35.4 Å². The predicted molar refractivity (Wildman–Crippen MR) is 131 cm³/mol. The number of para-hydroxylation sites is 1. The number of amides is 2. The Balaban J connectivity index is 1.30. The van der Waals surface area contributed by atoms with Crippen LogP contribution in [0.1, 0.15) is 26.3 Å². The molecule has 5 rings (SSSR count). The fraction of sp³-hybridized carbons (Fsp3) is 0.231. The van der Waals surface area contributed by atoms with Crippen molar-refractivity contribution in [3.8, 4) is 11.5 Å². The number of ether oxygens (including phenoxy) is 2. The lowest BCUT2D eigenvalue weighted by Crippen LogP contribution is -2.49. The fourth-order valence-electron chi connectivity index (χ4n) is 4.18. The highest BCUT2D eigenvalue weighted by molar-refractivity contribution is 6.34. The van der Waals surface area contributed by atoms with Crippen LogP contribution in [0.2, 0.25) is 5.02 Å². The second-order valence-electron chi connectivity index (χ2n) is 8.30. The van der Waals surface area contributed by atoms with E-state index in [1.54, 1.807) is 30.3 Å². The van der Waals surface area contributed by atoms with E-state index >= 15 is 0 Å². The number of hydrogen-bond donors (Lipinski definition) is 1. The van der Waals surface area contributed by atoms with Gasteiger partial charge in [0.1, 0.15) is 0 Å². The summed E-state index contributed by atoms with van der Waals surface area (Å²) in [7, 11) is 0. The number of hydrogen-bond acceptors (Lipinski definition) is 5. The molecule has 0 atom stereocenters. The van der Waals surface area contributed by atoms with Gasteiger partial charge < -0.3 is 24.6 Å². The lowest BCUT2D eigenvalue weighted by atomic mass is 10.1. The summed E-state index contributed by atoms with van der Waals surface area (Å²) in [5.74, 6) is 0.927. The summed E-state index contributed by atoms with van der Waals surface area (Å²) in [5, 5.41) is 3.52. The van der Waals surface area contributed by atoms with Crippen molar-refractivity contribution in [1.29, 1.82) is 0 Å². The molecule has 8 heteroatoms. The van der Waals surface area contributed by atoms with Crippen molar-refractivity contribution >= 4 is 34.8 Å². The van der Waals surface area contributed by atoms with Crippen LogP contribution in [0.15, 0.2) is 60.7 Å². The molecule has 2 aliphatic rings. The smallest absolute Gasteiger partial charge is 0.255 e. The van der Waals surface area contributed by atoms with Gasteiger partial charge in [0, 0.05) is 37.3 Å². The van der Waals surface area contributed by atoms with Crippen molar-refractivity contribution in [2.45, 2.75) is 6.92 Å². The molecule has 0 bridgehead atoms. The number of carbonyl (C=O) groups is 2. The molecule has 0 aromatic heterocycles. The monoisotopic (exact) mass is 477 g/mol. The van der Waals surface area contributed by atoms with Crippen molar-refractivity contribution in [1.82, 2.24) is 4.90 Å². The quantitative estimate of drug-likeness (QED) is 0.595. The maximum Gasteiger partial charge on any atom is 0.255 e. The SMILES string of the molecule is Cc1ccc(C(=O)N2CCN(c3c(Cl)cccc3NC(=O)c3ccc4c(c3)OCO4)CC2)cc1. The summed E-state index contributed by atoms with van der Waals surface area (Å²) in [4.78, 5) is 29.8. The number of carbonyl (C=O) groups excluding carboxylic acids is 2. The summed E-state index contributed by atoms with van der Waals surface area (Å²) >= 11 is 6.57. The van der Waals surface area contributed by atoms with E-state index < -0.39 is 0 Å². The van der Waals surface area contributed by atoms with E-state index in [1.165, 1.54) is 0 Å². The summed E-state index contributed by atoms with van der Waals surface area (Å²) in [6.07, 6.45) is 0. The van der Waals surface area contributed by atoms with Gasteiger partial charge in [0.05, 0.1) is 16.4 Å². The van der Waals surface area contributed by atoms with Gasteiger partial charge in [-0.05, 0) is 49.4 Å². The molecule has 3 aromatic rings. The van der Waals surface area contributed by atoms with Crippen molar-refractivity contribution in [2.75, 3.05) is 43.2 Å². The topological polar surface area (TPSA) is 71.1 Å². The van der Waals surface area contributed by atoms with Crippen molar-refractivity contribution in [3.63, 3.8) is 0 Å². The first-order chi connectivity index (χ1) is 16.5. The molecule has 3 aromatic carbocycles. The van der Waals surface area contributed by atoms with E-state index in [9.17, 15) is 9.59 Å². The number of fused-ring (bicyclic) bond motifs is 1. The number of halogens is 1. The Hall–Kier alpha value is -3.71. The van der Waals surface area contributed by atoms with E-state index in [0.717, 1.165) is 11.3 Å². The van der Waals surface area contributed by atoms with Crippen LogP contribution in [0, 0.1) is 6.92 Å². The Morgan fingerprint density at radius 3 is 2.35 bits per heavy atom. The van der Waals surface area contributed by atoms with Gasteiger partial charge in [0.25, 0.3) is 11.8 Å². The third-order valence-electron chi connectivity index (χ3n) is 6.05. The van der Waals surface area contributed by atoms with Crippen LogP contribution < -0.4 is 19.7 Å². The van der Waals surface area contributed by atoms with Crippen LogP contribution in [0.25, 0.3) is 0 Å². The first-order valence-corrected chi connectivity index (χ1v) is 11.5. The molecule has 34 heavy (non-hydrogen) atoms. The van der Waals surface area contributed by atoms with Crippen LogP contribution in [0.4, 0.5) is 11.4 Å². The standard InChI is InChI=1S/C26H24ClN3O4/c1-17-5-7-18(8-6-17)26(32)30-13-11-29(12-14-30)24-20(27)3-2-4-21(24)28-25(31)19-9-10-22-23(15-19)34-16-33-22/h2-10,15H,11-14,16H2,1H3,(H,28,31). The zero-order valence-corrected chi connectivity index (χ0v) is 19.5. The number of nitrogens with one attached hydrogen (secondary N) is 1. The van der Waals surface area contributed by atoms with Crippen LogP contribution in [-0.4, -0.2) is 49.7 Å². The molecule has 1 fully saturated rings. The zero-order chi connectivity index (χ0) is 23.7.